The van der Waals surface area contributed by atoms with Gasteiger partial charge >= 0.3 is 18.4 Å². The Morgan fingerprint density at radius 1 is 0.737 bits per heavy atom. The van der Waals surface area contributed by atoms with Gasteiger partial charge in [-0.2, -0.15) is 26.3 Å². The summed E-state index contributed by atoms with van der Waals surface area (Å²) in [6.45, 7) is 14.3. The third-order valence-corrected chi connectivity index (χ3v) is 13.3. The summed E-state index contributed by atoms with van der Waals surface area (Å²) in [5, 5.41) is 5.99. The highest BCUT2D eigenvalue weighted by Gasteiger charge is 2.43. The van der Waals surface area contributed by atoms with E-state index in [0.29, 0.717) is 74.2 Å². The van der Waals surface area contributed by atoms with E-state index in [0.717, 1.165) is 39.0 Å². The lowest BCUT2D eigenvalue weighted by atomic mass is 10.0. The SMILES string of the molecule is CC1(C)OC[C@@H](COc2ccc(N)nc2)O1.C[C@@H](CC(=O)c1ccc2c(n1)N(C(=O)Nc1ccc(OC[C@@H]3COC(C)(C)O3)cn1)[C@H]1CCN2C1)C(F)(F)F.C[C@@H](CC(=O)c1ccc2c(n1)N[C@H]1CCN2C1)C(F)(F)F. The van der Waals surface area contributed by atoms with Crippen molar-refractivity contribution in [2.75, 3.05) is 83.7 Å². The van der Waals surface area contributed by atoms with Crippen molar-refractivity contribution in [2.24, 2.45) is 11.8 Å². The van der Waals surface area contributed by atoms with Crippen molar-refractivity contribution in [1.29, 1.82) is 0 Å². The van der Waals surface area contributed by atoms with E-state index >= 15 is 0 Å². The standard InChI is InChI=1S/C26H30F3N5O5.C14H16F3N3O.C11H16N2O3/c1-15(26(27,28)29)10-21(35)19-5-6-20-23(31-19)34(16-8-9-33(20)12-16)24(36)32-22-7-4-17(11-30-22)37-13-18-14-38-25(2,3)39-18;1-8(14(15,16)17)6-12(21)10-2-3-11-13(19-10)18-9-4-5-20(11)7-9;1-11(2)15-7-9(16-11)6-14-8-3-4-10(12)13-5-8/h4-7,11,15-16,18H,8-10,12-14H2,1-3H3,(H,30,32,36);2-3,8-9H,4-7H2,1H3,(H,18,19);3-5,9H,6-7H2,1-2H3,(H2,12,13)/t15-,16-,18+;8-,9-;9-/m001/s1. The molecule has 10 heterocycles. The molecule has 25 heteroatoms. The Bertz CT molecular complexity index is 2700. The first-order chi connectivity index (χ1) is 35.8. The van der Waals surface area contributed by atoms with E-state index in [2.05, 4.69) is 35.5 Å². The molecule has 412 valence electrons. The first-order valence-electron chi connectivity index (χ1n) is 24.9. The highest BCUT2D eigenvalue weighted by atomic mass is 19.4. The number of amides is 2. The molecule has 4 fully saturated rings. The zero-order chi connectivity index (χ0) is 54.7. The van der Waals surface area contributed by atoms with Crippen LogP contribution in [0.2, 0.25) is 0 Å². The van der Waals surface area contributed by atoms with Gasteiger partial charge in [-0.15, -0.1) is 0 Å². The van der Waals surface area contributed by atoms with E-state index in [9.17, 15) is 40.7 Å². The second-order valence-electron chi connectivity index (χ2n) is 20.3. The number of fused-ring (bicyclic) bond motifs is 8. The number of ether oxygens (including phenoxy) is 6. The Balaban J connectivity index is 0.000000172. The number of Topliss-reactive ketones (excluding diaryl/α,β-unsaturated/α-hetero) is 2. The summed E-state index contributed by atoms with van der Waals surface area (Å²) < 4.78 is 110. The van der Waals surface area contributed by atoms with Gasteiger partial charge in [-0.3, -0.25) is 19.8 Å². The highest BCUT2D eigenvalue weighted by molar-refractivity contribution is 6.05. The van der Waals surface area contributed by atoms with Gasteiger partial charge in [0.15, 0.2) is 34.8 Å². The molecule has 4 aromatic heterocycles. The molecular weight excluding hydrogens is 1010 g/mol. The maximum atomic E-state index is 13.4. The zero-order valence-electron chi connectivity index (χ0n) is 42.9. The number of nitrogens with two attached hydrogens (primary N) is 1. The molecular formula is C51H62F6N10O9. The van der Waals surface area contributed by atoms with Crippen molar-refractivity contribution in [3.63, 3.8) is 0 Å². The normalized spacial score (nSPS) is 22.4. The van der Waals surface area contributed by atoms with Gasteiger partial charge in [-0.1, -0.05) is 13.8 Å². The minimum atomic E-state index is -4.48. The molecule has 19 nitrogen and oxygen atoms in total. The van der Waals surface area contributed by atoms with Crippen molar-refractivity contribution in [3.05, 3.63) is 72.3 Å². The van der Waals surface area contributed by atoms with Crippen LogP contribution in [0.3, 0.4) is 0 Å². The number of nitrogen functional groups attached to an aromatic ring is 1. The second kappa shape index (κ2) is 22.6. The molecule has 10 rings (SSSR count). The van der Waals surface area contributed by atoms with E-state index in [1.54, 1.807) is 42.6 Å². The molecule has 6 aliphatic rings. The Labute approximate surface area is 435 Å². The Kier molecular flexibility index (Phi) is 16.5. The average molecular weight is 1070 g/mol. The Hall–Kier alpha value is -6.57. The molecule has 4 bridgehead atoms. The summed E-state index contributed by atoms with van der Waals surface area (Å²) >= 11 is 0. The van der Waals surface area contributed by atoms with Gasteiger partial charge in [-0.25, -0.2) is 24.7 Å². The molecule has 0 unspecified atom stereocenters. The molecule has 0 saturated carbocycles. The number of carbonyl (C=O) groups is 3. The summed E-state index contributed by atoms with van der Waals surface area (Å²) in [5.41, 5.74) is 7.03. The van der Waals surface area contributed by atoms with Crippen molar-refractivity contribution < 1.29 is 69.1 Å². The maximum absolute atomic E-state index is 13.4. The summed E-state index contributed by atoms with van der Waals surface area (Å²) in [6.07, 6.45) is -5.60. The number of halogens is 6. The summed E-state index contributed by atoms with van der Waals surface area (Å²) in [7, 11) is 0. The molecule has 6 aliphatic heterocycles. The Morgan fingerprint density at radius 2 is 1.28 bits per heavy atom. The van der Waals surface area contributed by atoms with Crippen LogP contribution >= 0.6 is 0 Å². The zero-order valence-corrected chi connectivity index (χ0v) is 42.9. The molecule has 0 aliphatic carbocycles. The smallest absolute Gasteiger partial charge is 0.391 e. The fourth-order valence-electron chi connectivity index (χ4n) is 9.14. The molecule has 4 aromatic rings. The summed E-state index contributed by atoms with van der Waals surface area (Å²) in [4.78, 5) is 60.4. The topological polar surface area (TPSA) is 218 Å². The quantitative estimate of drug-likeness (QED) is 0.0845. The van der Waals surface area contributed by atoms with Gasteiger partial charge in [0.1, 0.15) is 59.9 Å². The maximum Gasteiger partial charge on any atom is 0.391 e. The van der Waals surface area contributed by atoms with E-state index < -0.39 is 66.2 Å². The molecule has 4 N–H and O–H groups in total. The molecule has 0 spiro atoms. The molecule has 6 atom stereocenters. The van der Waals surface area contributed by atoms with Crippen LogP contribution in [0.5, 0.6) is 11.5 Å². The highest BCUT2D eigenvalue weighted by Crippen LogP contribution is 2.40. The van der Waals surface area contributed by atoms with Gasteiger partial charge in [0.05, 0.1) is 54.9 Å². The van der Waals surface area contributed by atoms with Crippen LogP contribution < -0.4 is 40.5 Å². The number of hydrogen-bond acceptors (Lipinski definition) is 17. The van der Waals surface area contributed by atoms with E-state index in [-0.39, 0.29) is 47.9 Å². The molecule has 4 saturated heterocycles. The van der Waals surface area contributed by atoms with Crippen LogP contribution in [0.15, 0.2) is 60.9 Å². The number of alkyl halides is 6. The van der Waals surface area contributed by atoms with Gasteiger partial charge in [0, 0.05) is 45.1 Å². The number of anilines is 6. The third-order valence-electron chi connectivity index (χ3n) is 13.3. The number of carbonyl (C=O) groups excluding carboxylic acids is 3. The fraction of sp³-hybridized carbons (Fsp3) is 0.549. The number of hydrogen-bond donors (Lipinski definition) is 3. The van der Waals surface area contributed by atoms with Crippen molar-refractivity contribution >= 4 is 52.2 Å². The largest absolute Gasteiger partial charge is 0.489 e. The van der Waals surface area contributed by atoms with Crippen molar-refractivity contribution in [2.45, 2.75) is 115 Å². The number of nitrogens with zero attached hydrogens (tertiary/aromatic N) is 7. The van der Waals surface area contributed by atoms with Crippen LogP contribution in [0.1, 0.15) is 88.2 Å². The average Bonchev–Trinajstić information content (AvgIpc) is 4.15. The molecule has 0 radical (unpaired) electrons. The first kappa shape index (κ1) is 55.7. The van der Waals surface area contributed by atoms with Gasteiger partial charge in [-0.05, 0) is 89.1 Å². The molecule has 2 amide bonds. The molecule has 76 heavy (non-hydrogen) atoms. The van der Waals surface area contributed by atoms with Crippen LogP contribution in [0, 0.1) is 11.8 Å². The predicted octanol–water partition coefficient (Wildman–Crippen LogP) is 8.46. The lowest BCUT2D eigenvalue weighted by Crippen LogP contribution is -2.48. The van der Waals surface area contributed by atoms with E-state index in [1.807, 2.05) is 32.6 Å². The van der Waals surface area contributed by atoms with Crippen molar-refractivity contribution in [1.82, 2.24) is 19.9 Å². The van der Waals surface area contributed by atoms with Gasteiger partial charge in [0.25, 0.3) is 0 Å². The van der Waals surface area contributed by atoms with Crippen LogP contribution in [-0.4, -0.2) is 138 Å². The minimum Gasteiger partial charge on any atom is -0.489 e. The fourth-order valence-corrected chi connectivity index (χ4v) is 9.14. The van der Waals surface area contributed by atoms with Crippen molar-refractivity contribution in [3.8, 4) is 11.5 Å². The van der Waals surface area contributed by atoms with Gasteiger partial charge < -0.3 is 49.3 Å². The number of ketones is 2. The van der Waals surface area contributed by atoms with Crippen LogP contribution in [0.25, 0.3) is 0 Å². The predicted molar refractivity (Wildman–Crippen MR) is 267 cm³/mol. The summed E-state index contributed by atoms with van der Waals surface area (Å²) in [6, 6.07) is 12.7. The number of rotatable bonds is 13. The monoisotopic (exact) mass is 1070 g/mol. The van der Waals surface area contributed by atoms with E-state index in [4.69, 9.17) is 34.2 Å². The Morgan fingerprint density at radius 3 is 1.80 bits per heavy atom. The first-order valence-corrected chi connectivity index (χ1v) is 24.9. The summed E-state index contributed by atoms with van der Waals surface area (Å²) in [5.74, 6) is -3.12. The van der Waals surface area contributed by atoms with Gasteiger partial charge in [0.2, 0.25) is 0 Å². The number of pyridine rings is 4. The van der Waals surface area contributed by atoms with Crippen LogP contribution in [-0.2, 0) is 18.9 Å². The number of urea groups is 1. The lowest BCUT2D eigenvalue weighted by Gasteiger charge is -2.35. The van der Waals surface area contributed by atoms with Crippen LogP contribution in [0.4, 0.5) is 65.8 Å². The second-order valence-corrected chi connectivity index (χ2v) is 20.3. The third kappa shape index (κ3) is 14.1. The molecule has 0 aromatic carbocycles. The van der Waals surface area contributed by atoms with E-state index in [1.165, 1.54) is 23.2 Å². The minimum absolute atomic E-state index is 0.0347. The number of nitrogens with one attached hydrogen (secondary N) is 2. The lowest BCUT2D eigenvalue weighted by molar-refractivity contribution is -0.169. The number of aromatic nitrogens is 4.